The first kappa shape index (κ1) is 22.3. The first-order valence-corrected chi connectivity index (χ1v) is 12.0. The first-order chi connectivity index (χ1) is 14.0. The van der Waals surface area contributed by atoms with Gasteiger partial charge in [-0.2, -0.15) is 8.78 Å². The zero-order chi connectivity index (χ0) is 21.9. The number of ether oxygens (including phenoxy) is 1. The van der Waals surface area contributed by atoms with E-state index in [1.165, 1.54) is 30.3 Å². The quantitative estimate of drug-likeness (QED) is 0.630. The van der Waals surface area contributed by atoms with Crippen molar-refractivity contribution in [3.63, 3.8) is 0 Å². The van der Waals surface area contributed by atoms with E-state index in [4.69, 9.17) is 5.14 Å². The largest absolute Gasteiger partial charge is 0.435 e. The van der Waals surface area contributed by atoms with Crippen LogP contribution in [-0.2, 0) is 32.9 Å². The maximum atomic E-state index is 12.6. The summed E-state index contributed by atoms with van der Waals surface area (Å²) >= 11 is 0. The summed E-state index contributed by atoms with van der Waals surface area (Å²) in [7, 11) is -7.49. The fraction of sp³-hybridized carbons (Fsp3) is 0.263. The molecule has 0 unspecified atom stereocenters. The summed E-state index contributed by atoms with van der Waals surface area (Å²) in [6.07, 6.45) is 2.51. The number of aryl methyl sites for hydroxylation is 1. The number of fused-ring (bicyclic) bond motifs is 1. The van der Waals surface area contributed by atoms with Crippen LogP contribution in [0.5, 0.6) is 5.75 Å². The molecule has 3 rings (SSSR count). The number of alkyl halides is 2. The normalized spacial score (nSPS) is 14.3. The number of halogens is 2. The minimum atomic E-state index is -3.78. The Morgan fingerprint density at radius 1 is 1.03 bits per heavy atom. The van der Waals surface area contributed by atoms with E-state index < -0.39 is 26.7 Å². The molecule has 1 aliphatic carbocycles. The van der Waals surface area contributed by atoms with Crippen LogP contribution in [0.15, 0.2) is 52.3 Å². The predicted octanol–water partition coefficient (Wildman–Crippen LogP) is 2.38. The summed E-state index contributed by atoms with van der Waals surface area (Å²) in [5.74, 6) is 0.0371. The minimum absolute atomic E-state index is 0.0139. The molecule has 2 aromatic rings. The highest BCUT2D eigenvalue weighted by molar-refractivity contribution is 7.93. The lowest BCUT2D eigenvalue weighted by Gasteiger charge is -2.18. The van der Waals surface area contributed by atoms with Gasteiger partial charge < -0.3 is 4.74 Å². The summed E-state index contributed by atoms with van der Waals surface area (Å²) in [5.41, 5.74) is 2.13. The van der Waals surface area contributed by atoms with Gasteiger partial charge in [0.25, 0.3) is 0 Å². The Balaban J connectivity index is 1.64. The van der Waals surface area contributed by atoms with E-state index in [2.05, 4.69) is 9.46 Å². The van der Waals surface area contributed by atoms with E-state index in [0.29, 0.717) is 18.4 Å². The third-order valence-electron chi connectivity index (χ3n) is 4.60. The van der Waals surface area contributed by atoms with Crippen molar-refractivity contribution in [3.05, 3.63) is 64.1 Å². The van der Waals surface area contributed by atoms with Crippen molar-refractivity contribution in [1.82, 2.24) is 4.72 Å². The van der Waals surface area contributed by atoms with E-state index in [-0.39, 0.29) is 28.5 Å². The molecule has 1 aliphatic rings. The van der Waals surface area contributed by atoms with Crippen molar-refractivity contribution in [1.29, 1.82) is 0 Å². The van der Waals surface area contributed by atoms with Crippen LogP contribution >= 0.6 is 0 Å². The van der Waals surface area contributed by atoms with Crippen molar-refractivity contribution in [2.45, 2.75) is 30.8 Å². The van der Waals surface area contributed by atoms with Gasteiger partial charge in [0.1, 0.15) is 5.75 Å². The molecule has 0 aliphatic heterocycles. The SMILES string of the molecule is NS(=O)(=O)c1ccc(CCNS(=O)(=O)C2=Cc3ccc(OC(F)F)cc3CC2)cc1. The molecular formula is C19H20F2N2O5S2. The van der Waals surface area contributed by atoms with Crippen LogP contribution in [0, 0.1) is 0 Å². The molecule has 0 amide bonds. The third-order valence-corrected chi connectivity index (χ3v) is 7.13. The maximum absolute atomic E-state index is 12.6. The van der Waals surface area contributed by atoms with E-state index in [9.17, 15) is 25.6 Å². The van der Waals surface area contributed by atoms with E-state index in [1.807, 2.05) is 0 Å². The molecule has 0 bridgehead atoms. The molecule has 0 aromatic heterocycles. The van der Waals surface area contributed by atoms with Gasteiger partial charge in [-0.15, -0.1) is 0 Å². The summed E-state index contributed by atoms with van der Waals surface area (Å²) in [6.45, 7) is -2.79. The van der Waals surface area contributed by atoms with Crippen molar-refractivity contribution >= 4 is 26.1 Å². The molecule has 0 fully saturated rings. The number of hydrogen-bond acceptors (Lipinski definition) is 5. The van der Waals surface area contributed by atoms with Gasteiger partial charge in [0.2, 0.25) is 20.0 Å². The van der Waals surface area contributed by atoms with Gasteiger partial charge in [0.15, 0.2) is 0 Å². The number of allylic oxidation sites excluding steroid dienone is 1. The third kappa shape index (κ3) is 5.63. The highest BCUT2D eigenvalue weighted by Crippen LogP contribution is 2.30. The van der Waals surface area contributed by atoms with Gasteiger partial charge in [0, 0.05) is 6.54 Å². The molecule has 0 saturated heterocycles. The number of nitrogens with one attached hydrogen (secondary N) is 1. The first-order valence-electron chi connectivity index (χ1n) is 8.94. The highest BCUT2D eigenvalue weighted by Gasteiger charge is 2.22. The van der Waals surface area contributed by atoms with Crippen LogP contribution in [0.1, 0.15) is 23.1 Å². The summed E-state index contributed by atoms with van der Waals surface area (Å²) < 4.78 is 79.2. The monoisotopic (exact) mass is 458 g/mol. The van der Waals surface area contributed by atoms with Gasteiger partial charge in [-0.25, -0.2) is 26.7 Å². The summed E-state index contributed by atoms with van der Waals surface area (Å²) in [5, 5.41) is 5.04. The molecule has 11 heteroatoms. The van der Waals surface area contributed by atoms with Crippen LogP contribution in [0.4, 0.5) is 8.78 Å². The molecule has 0 spiro atoms. The zero-order valence-corrected chi connectivity index (χ0v) is 17.3. The highest BCUT2D eigenvalue weighted by atomic mass is 32.2. The predicted molar refractivity (Wildman–Crippen MR) is 108 cm³/mol. The summed E-state index contributed by atoms with van der Waals surface area (Å²) in [4.78, 5) is 0.196. The van der Waals surface area contributed by atoms with Crippen molar-refractivity contribution in [2.24, 2.45) is 5.14 Å². The molecule has 0 heterocycles. The number of nitrogens with two attached hydrogens (primary N) is 1. The lowest BCUT2D eigenvalue weighted by Crippen LogP contribution is -2.28. The lowest BCUT2D eigenvalue weighted by atomic mass is 9.97. The van der Waals surface area contributed by atoms with Gasteiger partial charge in [-0.3, -0.25) is 0 Å². The smallest absolute Gasteiger partial charge is 0.387 e. The average Bonchev–Trinajstić information content (AvgIpc) is 2.66. The second-order valence-corrected chi connectivity index (χ2v) is 10.1. The minimum Gasteiger partial charge on any atom is -0.435 e. The number of benzene rings is 2. The van der Waals surface area contributed by atoms with Gasteiger partial charge in [-0.05, 0) is 66.3 Å². The lowest BCUT2D eigenvalue weighted by molar-refractivity contribution is -0.0498. The fourth-order valence-electron chi connectivity index (χ4n) is 3.10. The molecule has 0 radical (unpaired) electrons. The maximum Gasteiger partial charge on any atom is 0.387 e. The Morgan fingerprint density at radius 2 is 1.73 bits per heavy atom. The fourth-order valence-corrected chi connectivity index (χ4v) is 4.82. The van der Waals surface area contributed by atoms with Crippen molar-refractivity contribution in [2.75, 3.05) is 6.54 Å². The Labute approximate surface area is 173 Å². The second kappa shape index (κ2) is 8.80. The van der Waals surface area contributed by atoms with Gasteiger partial charge >= 0.3 is 6.61 Å². The standard InChI is InChI=1S/C19H20F2N2O5S2/c20-19(21)28-16-5-3-15-12-18(8-4-14(15)11-16)30(26,27)23-10-9-13-1-6-17(7-2-13)29(22,24)25/h1-3,5-7,11-12,19,23H,4,8-10H2,(H2,22,24,25). The summed E-state index contributed by atoms with van der Waals surface area (Å²) in [6, 6.07) is 10.3. The Morgan fingerprint density at radius 3 is 2.37 bits per heavy atom. The van der Waals surface area contributed by atoms with Crippen LogP contribution in [0.25, 0.3) is 6.08 Å². The Bertz CT molecular complexity index is 1160. The molecule has 30 heavy (non-hydrogen) atoms. The van der Waals surface area contributed by atoms with E-state index in [1.54, 1.807) is 18.2 Å². The topological polar surface area (TPSA) is 116 Å². The molecule has 7 nitrogen and oxygen atoms in total. The van der Waals surface area contributed by atoms with Crippen molar-refractivity contribution in [3.8, 4) is 5.75 Å². The van der Waals surface area contributed by atoms with Crippen LogP contribution in [0.2, 0.25) is 0 Å². The van der Waals surface area contributed by atoms with E-state index >= 15 is 0 Å². The van der Waals surface area contributed by atoms with Crippen molar-refractivity contribution < 1.29 is 30.4 Å². The Hall–Kier alpha value is -2.34. The molecular weight excluding hydrogens is 438 g/mol. The zero-order valence-electron chi connectivity index (χ0n) is 15.7. The molecule has 0 saturated carbocycles. The number of rotatable bonds is 8. The molecule has 2 aromatic carbocycles. The number of sulfonamides is 2. The van der Waals surface area contributed by atoms with Crippen LogP contribution in [0.3, 0.4) is 0 Å². The molecule has 3 N–H and O–H groups in total. The number of primary sulfonamides is 1. The Kier molecular flexibility index (Phi) is 6.56. The van der Waals surface area contributed by atoms with Gasteiger partial charge in [0.05, 0.1) is 9.80 Å². The molecule has 0 atom stereocenters. The average molecular weight is 459 g/mol. The van der Waals surface area contributed by atoms with Crippen LogP contribution in [-0.4, -0.2) is 30.0 Å². The van der Waals surface area contributed by atoms with Crippen LogP contribution < -0.4 is 14.6 Å². The molecule has 162 valence electrons. The number of hydrogen-bond donors (Lipinski definition) is 2. The van der Waals surface area contributed by atoms with Gasteiger partial charge in [-0.1, -0.05) is 18.2 Å². The van der Waals surface area contributed by atoms with E-state index in [0.717, 1.165) is 11.1 Å². The second-order valence-electron chi connectivity index (χ2n) is 6.69.